The van der Waals surface area contributed by atoms with Crippen molar-refractivity contribution in [2.24, 2.45) is 0 Å². The number of nitrogens with one attached hydrogen (secondary N) is 1. The Morgan fingerprint density at radius 3 is 2.47 bits per heavy atom. The van der Waals surface area contributed by atoms with Crippen molar-refractivity contribution >= 4 is 5.91 Å². The van der Waals surface area contributed by atoms with Gasteiger partial charge >= 0.3 is 0 Å². The molecule has 3 nitrogen and oxygen atoms in total. The van der Waals surface area contributed by atoms with Gasteiger partial charge in [0.2, 0.25) is 12.6 Å². The van der Waals surface area contributed by atoms with Gasteiger partial charge in [-0.3, -0.25) is 4.79 Å². The van der Waals surface area contributed by atoms with Crippen LogP contribution in [0.25, 0.3) is 0 Å². The molecule has 0 saturated heterocycles. The summed E-state index contributed by atoms with van der Waals surface area (Å²) >= 11 is 0. The highest BCUT2D eigenvalue weighted by Gasteiger charge is 2.03. The summed E-state index contributed by atoms with van der Waals surface area (Å²) in [5.41, 5.74) is 0. The zero-order chi connectivity index (χ0) is 12.3. The van der Waals surface area contributed by atoms with E-state index in [9.17, 15) is 4.79 Å². The highest BCUT2D eigenvalue weighted by atomic mass is 16.1. The number of hydrogen-bond acceptors (Lipinski definition) is 1. The minimum atomic E-state index is 0.151. The maximum Gasteiger partial charge on any atom is 0.224 e. The van der Waals surface area contributed by atoms with Crippen LogP contribution < -0.4 is 9.88 Å². The maximum absolute atomic E-state index is 11.5. The molecule has 1 heterocycles. The lowest BCUT2D eigenvalue weighted by Gasteiger charge is -2.02. The van der Waals surface area contributed by atoms with Crippen LogP contribution in [0.2, 0.25) is 0 Å². The Balaban J connectivity index is 2.05. The molecule has 94 valence electrons. The molecule has 3 heteroatoms. The van der Waals surface area contributed by atoms with Gasteiger partial charge in [-0.25, -0.2) is 0 Å². The van der Waals surface area contributed by atoms with Crippen molar-refractivity contribution in [2.45, 2.75) is 52.1 Å². The van der Waals surface area contributed by atoms with Crippen molar-refractivity contribution in [3.63, 3.8) is 0 Å². The fourth-order valence-electron chi connectivity index (χ4n) is 1.70. The van der Waals surface area contributed by atoms with Crippen molar-refractivity contribution in [2.75, 3.05) is 0 Å². The van der Waals surface area contributed by atoms with Gasteiger partial charge in [0.1, 0.15) is 0 Å². The van der Waals surface area contributed by atoms with E-state index in [-0.39, 0.29) is 5.91 Å². The van der Waals surface area contributed by atoms with Gasteiger partial charge in [0.25, 0.3) is 0 Å². The first-order valence-electron chi connectivity index (χ1n) is 6.53. The quantitative estimate of drug-likeness (QED) is 0.545. The SMILES string of the molecule is CCCCCCCC(=O)NC[n+]1ccccc1. The average molecular weight is 235 g/mol. The van der Waals surface area contributed by atoms with E-state index >= 15 is 0 Å². The molecule has 1 rings (SSSR count). The van der Waals surface area contributed by atoms with Crippen LogP contribution >= 0.6 is 0 Å². The molecule has 0 radical (unpaired) electrons. The summed E-state index contributed by atoms with van der Waals surface area (Å²) in [4.78, 5) is 11.5. The number of aromatic nitrogens is 1. The Morgan fingerprint density at radius 1 is 1.06 bits per heavy atom. The van der Waals surface area contributed by atoms with Gasteiger partial charge in [-0.15, -0.1) is 0 Å². The number of amides is 1. The average Bonchev–Trinajstić information content (AvgIpc) is 2.37. The normalized spacial score (nSPS) is 10.2. The lowest BCUT2D eigenvalue weighted by Crippen LogP contribution is -2.42. The molecule has 0 fully saturated rings. The zero-order valence-corrected chi connectivity index (χ0v) is 10.7. The van der Waals surface area contributed by atoms with E-state index in [2.05, 4.69) is 12.2 Å². The van der Waals surface area contributed by atoms with E-state index in [1.165, 1.54) is 25.7 Å². The third kappa shape index (κ3) is 6.72. The van der Waals surface area contributed by atoms with E-state index < -0.39 is 0 Å². The summed E-state index contributed by atoms with van der Waals surface area (Å²) in [6, 6.07) is 5.87. The Bertz CT molecular complexity index is 311. The van der Waals surface area contributed by atoms with Crippen LogP contribution in [0, 0.1) is 0 Å². The van der Waals surface area contributed by atoms with E-state index in [1.807, 2.05) is 35.2 Å². The highest BCUT2D eigenvalue weighted by molar-refractivity contribution is 5.75. The van der Waals surface area contributed by atoms with Crippen LogP contribution in [-0.4, -0.2) is 5.91 Å². The van der Waals surface area contributed by atoms with Crippen LogP contribution in [-0.2, 0) is 11.5 Å². The van der Waals surface area contributed by atoms with E-state index in [1.54, 1.807) is 0 Å². The number of hydrogen-bond donors (Lipinski definition) is 1. The van der Waals surface area contributed by atoms with Crippen LogP contribution in [0.3, 0.4) is 0 Å². The summed E-state index contributed by atoms with van der Waals surface area (Å²) in [7, 11) is 0. The molecule has 0 aliphatic heterocycles. The third-order valence-corrected chi connectivity index (χ3v) is 2.74. The number of nitrogens with zero attached hydrogens (tertiary/aromatic N) is 1. The Hall–Kier alpha value is -1.38. The minimum Gasteiger partial charge on any atom is -0.301 e. The molecule has 1 aromatic rings. The summed E-state index contributed by atoms with van der Waals surface area (Å²) < 4.78 is 1.95. The first-order valence-corrected chi connectivity index (χ1v) is 6.53. The number of rotatable bonds is 8. The van der Waals surface area contributed by atoms with E-state index in [4.69, 9.17) is 0 Å². The highest BCUT2D eigenvalue weighted by Crippen LogP contribution is 2.04. The Labute approximate surface area is 104 Å². The molecule has 1 amide bonds. The van der Waals surface area contributed by atoms with Crippen LogP contribution in [0.5, 0.6) is 0 Å². The predicted molar refractivity (Wildman–Crippen MR) is 68.2 cm³/mol. The summed E-state index contributed by atoms with van der Waals surface area (Å²) in [6.07, 6.45) is 10.5. The molecule has 0 aliphatic rings. The van der Waals surface area contributed by atoms with Crippen molar-refractivity contribution in [3.05, 3.63) is 30.6 Å². The standard InChI is InChI=1S/C14H22N2O/c1-2-3-4-5-7-10-14(17)15-13-16-11-8-6-9-12-16/h6,8-9,11-12H,2-5,7,10,13H2,1H3/p+1. The molecule has 0 aliphatic carbocycles. The summed E-state index contributed by atoms with van der Waals surface area (Å²) in [6.45, 7) is 2.76. The molecule has 17 heavy (non-hydrogen) atoms. The van der Waals surface area contributed by atoms with Gasteiger partial charge in [-0.2, -0.15) is 4.57 Å². The summed E-state index contributed by atoms with van der Waals surface area (Å²) in [5.74, 6) is 0.151. The molecular weight excluding hydrogens is 212 g/mol. The van der Waals surface area contributed by atoms with E-state index in [0.717, 1.165) is 6.42 Å². The van der Waals surface area contributed by atoms with Crippen LogP contribution in [0.4, 0.5) is 0 Å². The topological polar surface area (TPSA) is 33.0 Å². The second kappa shape index (κ2) is 8.74. The van der Waals surface area contributed by atoms with Crippen molar-refractivity contribution in [1.82, 2.24) is 5.32 Å². The van der Waals surface area contributed by atoms with E-state index in [0.29, 0.717) is 13.1 Å². The molecule has 0 aromatic carbocycles. The Morgan fingerprint density at radius 2 is 1.76 bits per heavy atom. The van der Waals surface area contributed by atoms with Gasteiger partial charge in [-0.1, -0.05) is 38.7 Å². The lowest BCUT2D eigenvalue weighted by atomic mass is 10.1. The van der Waals surface area contributed by atoms with Crippen LogP contribution in [0.15, 0.2) is 30.6 Å². The fourth-order valence-corrected chi connectivity index (χ4v) is 1.70. The number of pyridine rings is 1. The fraction of sp³-hybridized carbons (Fsp3) is 0.571. The minimum absolute atomic E-state index is 0.151. The molecule has 0 spiro atoms. The monoisotopic (exact) mass is 235 g/mol. The van der Waals surface area contributed by atoms with Gasteiger partial charge in [-0.05, 0) is 6.42 Å². The van der Waals surface area contributed by atoms with Crippen LogP contribution in [0.1, 0.15) is 45.4 Å². The third-order valence-electron chi connectivity index (χ3n) is 2.74. The first-order chi connectivity index (χ1) is 8.33. The zero-order valence-electron chi connectivity index (χ0n) is 10.7. The van der Waals surface area contributed by atoms with Gasteiger partial charge in [0.05, 0.1) is 0 Å². The molecule has 0 atom stereocenters. The first kappa shape index (κ1) is 13.7. The second-order valence-corrected chi connectivity index (χ2v) is 4.31. The van der Waals surface area contributed by atoms with Gasteiger partial charge in [0.15, 0.2) is 12.4 Å². The smallest absolute Gasteiger partial charge is 0.224 e. The Kier molecular flexibility index (Phi) is 7.03. The number of unbranched alkanes of at least 4 members (excludes halogenated alkanes) is 4. The van der Waals surface area contributed by atoms with Gasteiger partial charge < -0.3 is 5.32 Å². The number of carbonyl (C=O) groups is 1. The molecule has 1 aromatic heterocycles. The molecule has 0 unspecified atom stereocenters. The molecule has 0 bridgehead atoms. The number of carbonyl (C=O) groups excluding carboxylic acids is 1. The predicted octanol–water partition coefficient (Wildman–Crippen LogP) is 2.41. The lowest BCUT2D eigenvalue weighted by molar-refractivity contribution is -0.700. The second-order valence-electron chi connectivity index (χ2n) is 4.31. The molecule has 1 N–H and O–H groups in total. The van der Waals surface area contributed by atoms with Crippen molar-refractivity contribution in [3.8, 4) is 0 Å². The van der Waals surface area contributed by atoms with Crippen molar-refractivity contribution < 1.29 is 9.36 Å². The maximum atomic E-state index is 11.5. The largest absolute Gasteiger partial charge is 0.301 e. The van der Waals surface area contributed by atoms with Crippen molar-refractivity contribution in [1.29, 1.82) is 0 Å². The summed E-state index contributed by atoms with van der Waals surface area (Å²) in [5, 5.41) is 2.91. The van der Waals surface area contributed by atoms with Gasteiger partial charge in [0, 0.05) is 18.6 Å². The molecular formula is C14H23N2O+. The molecule has 0 saturated carbocycles.